The average Bonchev–Trinajstić information content (AvgIpc) is 3.04. The fraction of sp³-hybridized carbons (Fsp3) is 0.211. The Kier molecular flexibility index (Phi) is 4.66. The molecule has 0 aromatic heterocycles. The molecule has 2 amide bonds. The summed E-state index contributed by atoms with van der Waals surface area (Å²) in [5.41, 5.74) is 1.59. The number of nitriles is 1. The molecule has 25 heavy (non-hydrogen) atoms. The highest BCUT2D eigenvalue weighted by atomic mass is 16.5. The van der Waals surface area contributed by atoms with Crippen LogP contribution in [0, 0.1) is 17.2 Å². The van der Waals surface area contributed by atoms with Crippen LogP contribution in [0.3, 0.4) is 0 Å². The quantitative estimate of drug-likeness (QED) is 0.931. The molecule has 2 aromatic carbocycles. The first-order chi connectivity index (χ1) is 12.1. The van der Waals surface area contributed by atoms with E-state index in [1.54, 1.807) is 60.5 Å². The van der Waals surface area contributed by atoms with Gasteiger partial charge >= 0.3 is 0 Å². The second-order valence-corrected chi connectivity index (χ2v) is 5.75. The highest BCUT2D eigenvalue weighted by molar-refractivity contribution is 6.03. The number of para-hydroxylation sites is 1. The van der Waals surface area contributed by atoms with Crippen molar-refractivity contribution in [1.29, 1.82) is 5.26 Å². The second kappa shape index (κ2) is 7.05. The van der Waals surface area contributed by atoms with Crippen molar-refractivity contribution in [3.63, 3.8) is 0 Å². The van der Waals surface area contributed by atoms with Crippen LogP contribution in [0.1, 0.15) is 12.0 Å². The van der Waals surface area contributed by atoms with Gasteiger partial charge in [0.05, 0.1) is 24.3 Å². The van der Waals surface area contributed by atoms with Crippen molar-refractivity contribution in [3.8, 4) is 11.8 Å². The molecule has 2 aromatic rings. The third kappa shape index (κ3) is 3.45. The van der Waals surface area contributed by atoms with Crippen LogP contribution >= 0.6 is 0 Å². The predicted octanol–water partition coefficient (Wildman–Crippen LogP) is 2.56. The van der Waals surface area contributed by atoms with E-state index >= 15 is 0 Å². The van der Waals surface area contributed by atoms with Crippen molar-refractivity contribution in [2.75, 3.05) is 23.9 Å². The summed E-state index contributed by atoms with van der Waals surface area (Å²) in [7, 11) is 1.58. The van der Waals surface area contributed by atoms with Crippen molar-refractivity contribution in [2.45, 2.75) is 6.42 Å². The van der Waals surface area contributed by atoms with E-state index in [9.17, 15) is 9.59 Å². The average molecular weight is 335 g/mol. The first-order valence-electron chi connectivity index (χ1n) is 7.87. The number of hydrogen-bond acceptors (Lipinski definition) is 4. The summed E-state index contributed by atoms with van der Waals surface area (Å²) in [6.45, 7) is 0.311. The van der Waals surface area contributed by atoms with Crippen LogP contribution in [0.5, 0.6) is 5.75 Å². The van der Waals surface area contributed by atoms with E-state index in [1.165, 1.54) is 0 Å². The number of benzene rings is 2. The number of rotatable bonds is 4. The van der Waals surface area contributed by atoms with Crippen LogP contribution in [0.4, 0.5) is 11.4 Å². The largest absolute Gasteiger partial charge is 0.497 e. The summed E-state index contributed by atoms with van der Waals surface area (Å²) in [6, 6.07) is 16.0. The molecule has 1 atom stereocenters. The fourth-order valence-corrected chi connectivity index (χ4v) is 2.82. The minimum atomic E-state index is -0.457. The lowest BCUT2D eigenvalue weighted by atomic mass is 10.1. The van der Waals surface area contributed by atoms with E-state index in [0.29, 0.717) is 23.5 Å². The van der Waals surface area contributed by atoms with E-state index in [2.05, 4.69) is 5.32 Å². The Bertz CT molecular complexity index is 840. The summed E-state index contributed by atoms with van der Waals surface area (Å²) in [4.78, 5) is 26.4. The number of methoxy groups -OCH3 is 1. The molecule has 3 rings (SSSR count). The van der Waals surface area contributed by atoms with E-state index in [1.807, 2.05) is 6.07 Å². The molecular weight excluding hydrogens is 318 g/mol. The van der Waals surface area contributed by atoms with Crippen LogP contribution in [0.15, 0.2) is 48.5 Å². The van der Waals surface area contributed by atoms with Gasteiger partial charge in [-0.3, -0.25) is 9.59 Å². The van der Waals surface area contributed by atoms with Gasteiger partial charge in [0.1, 0.15) is 11.8 Å². The van der Waals surface area contributed by atoms with Crippen LogP contribution in [-0.4, -0.2) is 25.5 Å². The van der Waals surface area contributed by atoms with Gasteiger partial charge in [0, 0.05) is 18.7 Å². The molecule has 1 N–H and O–H groups in total. The number of anilines is 2. The maximum Gasteiger partial charge on any atom is 0.229 e. The number of hydrogen-bond donors (Lipinski definition) is 1. The molecule has 1 saturated heterocycles. The van der Waals surface area contributed by atoms with Crippen LogP contribution in [0.25, 0.3) is 0 Å². The van der Waals surface area contributed by atoms with Crippen molar-refractivity contribution in [1.82, 2.24) is 0 Å². The Labute approximate surface area is 145 Å². The topological polar surface area (TPSA) is 82.4 Å². The number of amides is 2. The van der Waals surface area contributed by atoms with E-state index in [-0.39, 0.29) is 18.2 Å². The lowest BCUT2D eigenvalue weighted by molar-refractivity contribution is -0.122. The summed E-state index contributed by atoms with van der Waals surface area (Å²) in [6.07, 6.45) is 0.145. The summed E-state index contributed by atoms with van der Waals surface area (Å²) in [5.74, 6) is -0.106. The molecule has 1 heterocycles. The molecule has 0 spiro atoms. The summed E-state index contributed by atoms with van der Waals surface area (Å²) < 4.78 is 5.11. The molecule has 0 aliphatic carbocycles. The Morgan fingerprint density at radius 2 is 1.96 bits per heavy atom. The van der Waals surface area contributed by atoms with Gasteiger partial charge in [-0.05, 0) is 36.4 Å². The minimum absolute atomic E-state index is 0.0983. The second-order valence-electron chi connectivity index (χ2n) is 5.75. The zero-order chi connectivity index (χ0) is 17.8. The number of ether oxygens (including phenoxy) is 1. The van der Waals surface area contributed by atoms with Crippen molar-refractivity contribution < 1.29 is 14.3 Å². The van der Waals surface area contributed by atoms with Gasteiger partial charge in [-0.15, -0.1) is 0 Å². The van der Waals surface area contributed by atoms with Gasteiger partial charge in [-0.1, -0.05) is 12.1 Å². The minimum Gasteiger partial charge on any atom is -0.497 e. The van der Waals surface area contributed by atoms with Crippen LogP contribution in [0.2, 0.25) is 0 Å². The van der Waals surface area contributed by atoms with E-state index < -0.39 is 5.92 Å². The zero-order valence-corrected chi connectivity index (χ0v) is 13.7. The van der Waals surface area contributed by atoms with Gasteiger partial charge in [0.15, 0.2) is 0 Å². The maximum absolute atomic E-state index is 12.5. The fourth-order valence-electron chi connectivity index (χ4n) is 2.82. The Hall–Kier alpha value is -3.33. The summed E-state index contributed by atoms with van der Waals surface area (Å²) in [5, 5.41) is 11.9. The monoisotopic (exact) mass is 335 g/mol. The van der Waals surface area contributed by atoms with E-state index in [0.717, 1.165) is 5.69 Å². The number of nitrogens with zero attached hydrogens (tertiary/aromatic N) is 2. The molecule has 1 aliphatic rings. The number of carbonyl (C=O) groups excluding carboxylic acids is 2. The first kappa shape index (κ1) is 16.5. The molecular formula is C19H17N3O3. The highest BCUT2D eigenvalue weighted by Gasteiger charge is 2.35. The third-order valence-corrected chi connectivity index (χ3v) is 4.19. The van der Waals surface area contributed by atoms with Gasteiger partial charge < -0.3 is 15.0 Å². The molecule has 6 heteroatoms. The van der Waals surface area contributed by atoms with Gasteiger partial charge in [0.25, 0.3) is 0 Å². The number of nitrogens with one attached hydrogen (secondary N) is 1. The zero-order valence-electron chi connectivity index (χ0n) is 13.7. The van der Waals surface area contributed by atoms with E-state index in [4.69, 9.17) is 10.00 Å². The van der Waals surface area contributed by atoms with Crippen molar-refractivity contribution >= 4 is 23.2 Å². The molecule has 1 aliphatic heterocycles. The van der Waals surface area contributed by atoms with Crippen molar-refractivity contribution in [2.24, 2.45) is 5.92 Å². The van der Waals surface area contributed by atoms with Crippen molar-refractivity contribution in [3.05, 3.63) is 54.1 Å². The molecule has 126 valence electrons. The van der Waals surface area contributed by atoms with Gasteiger partial charge in [-0.2, -0.15) is 5.26 Å². The molecule has 0 radical (unpaired) electrons. The predicted molar refractivity (Wildman–Crippen MR) is 93.2 cm³/mol. The lowest BCUT2D eigenvalue weighted by Gasteiger charge is -2.17. The lowest BCUT2D eigenvalue weighted by Crippen LogP contribution is -2.28. The summed E-state index contributed by atoms with van der Waals surface area (Å²) >= 11 is 0. The highest BCUT2D eigenvalue weighted by Crippen LogP contribution is 2.27. The first-order valence-corrected chi connectivity index (χ1v) is 7.87. The van der Waals surface area contributed by atoms with Crippen LogP contribution < -0.4 is 15.0 Å². The van der Waals surface area contributed by atoms with Gasteiger partial charge in [-0.25, -0.2) is 0 Å². The maximum atomic E-state index is 12.5. The Morgan fingerprint density at radius 1 is 1.24 bits per heavy atom. The molecule has 0 unspecified atom stereocenters. The van der Waals surface area contributed by atoms with Crippen LogP contribution in [-0.2, 0) is 9.59 Å². The number of carbonyl (C=O) groups is 2. The standard InChI is InChI=1S/C19H17N3O3/c1-25-16-8-6-15(7-9-16)22-12-14(10-18(22)23)19(24)21-17-5-3-2-4-13(17)11-20/h2-9,14H,10,12H2,1H3,(H,21,24)/t14-/m0/s1. The molecule has 6 nitrogen and oxygen atoms in total. The normalized spacial score (nSPS) is 16.4. The molecule has 0 bridgehead atoms. The third-order valence-electron chi connectivity index (χ3n) is 4.19. The SMILES string of the molecule is COc1ccc(N2C[C@@H](C(=O)Nc3ccccc3C#N)CC2=O)cc1. The molecule has 0 saturated carbocycles. The smallest absolute Gasteiger partial charge is 0.229 e. The Morgan fingerprint density at radius 3 is 2.64 bits per heavy atom. The molecule has 1 fully saturated rings. The Balaban J connectivity index is 1.71. The van der Waals surface area contributed by atoms with Gasteiger partial charge in [0.2, 0.25) is 11.8 Å².